The molecule has 1 atom stereocenters. The first-order valence-electron chi connectivity index (χ1n) is 9.59. The number of nitrogens with one attached hydrogen (secondary N) is 1. The van der Waals surface area contributed by atoms with E-state index in [1.54, 1.807) is 36.4 Å². The monoisotopic (exact) mass is 433 g/mol. The number of carbonyl (C=O) groups excluding carboxylic acids is 1. The number of fused-ring (bicyclic) bond motifs is 2. The Hall–Kier alpha value is -3.71. The Labute approximate surface area is 179 Å². The van der Waals surface area contributed by atoms with Crippen molar-refractivity contribution in [3.63, 3.8) is 0 Å². The number of amides is 1. The minimum atomic E-state index is -4.17. The number of rotatable bonds is 6. The van der Waals surface area contributed by atoms with E-state index < -0.39 is 34.2 Å². The summed E-state index contributed by atoms with van der Waals surface area (Å²) in [4.78, 5) is 24.3. The topological polar surface area (TPSA) is 101 Å². The van der Waals surface area contributed by atoms with E-state index in [9.17, 15) is 23.1 Å². The Kier molecular flexibility index (Phi) is 5.44. The van der Waals surface area contributed by atoms with Crippen molar-refractivity contribution in [3.8, 4) is 0 Å². The molecular weight excluding hydrogens is 414 g/mol. The van der Waals surface area contributed by atoms with Crippen LogP contribution in [0.1, 0.15) is 17.9 Å². The van der Waals surface area contributed by atoms with Gasteiger partial charge in [0.25, 0.3) is 10.0 Å². The van der Waals surface area contributed by atoms with Gasteiger partial charge in [0.2, 0.25) is 5.91 Å². The maximum atomic E-state index is 12.9. The molecule has 1 unspecified atom stereocenters. The van der Waals surface area contributed by atoms with Gasteiger partial charge in [-0.1, -0.05) is 72.8 Å². The highest BCUT2D eigenvalue weighted by atomic mass is 32.2. The van der Waals surface area contributed by atoms with E-state index in [-0.39, 0.29) is 4.90 Å². The van der Waals surface area contributed by atoms with Gasteiger partial charge in [0.15, 0.2) is 0 Å². The second kappa shape index (κ2) is 8.20. The summed E-state index contributed by atoms with van der Waals surface area (Å²) in [6.07, 6.45) is -0.530. The van der Waals surface area contributed by atoms with Crippen molar-refractivity contribution in [2.45, 2.75) is 17.2 Å². The fourth-order valence-corrected chi connectivity index (χ4v) is 4.61. The summed E-state index contributed by atoms with van der Waals surface area (Å²) in [6, 6.07) is 24.4. The minimum absolute atomic E-state index is 0.0628. The Balaban J connectivity index is 1.66. The van der Waals surface area contributed by atoms with Crippen LogP contribution in [0.5, 0.6) is 0 Å². The zero-order chi connectivity index (χ0) is 22.0. The Bertz CT molecular complexity index is 1410. The van der Waals surface area contributed by atoms with E-state index in [4.69, 9.17) is 0 Å². The largest absolute Gasteiger partial charge is 0.481 e. The summed E-state index contributed by atoms with van der Waals surface area (Å²) in [5.74, 6) is -3.24. The summed E-state index contributed by atoms with van der Waals surface area (Å²) in [7, 11) is -4.17. The van der Waals surface area contributed by atoms with Crippen molar-refractivity contribution in [1.82, 2.24) is 4.72 Å². The maximum Gasteiger partial charge on any atom is 0.304 e. The van der Waals surface area contributed by atoms with Gasteiger partial charge < -0.3 is 5.11 Å². The van der Waals surface area contributed by atoms with Crippen LogP contribution in [0.4, 0.5) is 0 Å². The number of carbonyl (C=O) groups is 2. The van der Waals surface area contributed by atoms with Gasteiger partial charge in [-0.2, -0.15) is 0 Å². The van der Waals surface area contributed by atoms with Crippen LogP contribution in [0.2, 0.25) is 0 Å². The lowest BCUT2D eigenvalue weighted by Gasteiger charge is -2.16. The summed E-state index contributed by atoms with van der Waals surface area (Å²) in [5.41, 5.74) is 0.437. The van der Waals surface area contributed by atoms with E-state index in [1.807, 2.05) is 36.4 Å². The molecule has 0 aliphatic carbocycles. The average molecular weight is 433 g/mol. The van der Waals surface area contributed by atoms with Gasteiger partial charge in [-0.05, 0) is 39.2 Å². The second-order valence-electron chi connectivity index (χ2n) is 7.24. The first kappa shape index (κ1) is 20.6. The smallest absolute Gasteiger partial charge is 0.304 e. The number of hydrogen-bond donors (Lipinski definition) is 2. The lowest BCUT2D eigenvalue weighted by atomic mass is 9.93. The van der Waals surface area contributed by atoms with E-state index in [1.165, 1.54) is 12.1 Å². The number of carboxylic acid groups (broad SMARTS) is 1. The van der Waals surface area contributed by atoms with Crippen LogP contribution in [0, 0.1) is 0 Å². The normalized spacial score (nSPS) is 12.5. The van der Waals surface area contributed by atoms with Crippen molar-refractivity contribution in [3.05, 3.63) is 90.5 Å². The highest BCUT2D eigenvalue weighted by Crippen LogP contribution is 2.26. The molecule has 4 rings (SSSR count). The molecule has 0 bridgehead atoms. The second-order valence-corrected chi connectivity index (χ2v) is 8.92. The lowest BCUT2D eigenvalue weighted by molar-refractivity contribution is -0.139. The summed E-state index contributed by atoms with van der Waals surface area (Å²) in [5, 5.41) is 12.7. The molecule has 2 N–H and O–H groups in total. The maximum absolute atomic E-state index is 12.9. The predicted octanol–water partition coefficient (Wildman–Crippen LogP) is 4.06. The quantitative estimate of drug-likeness (QED) is 0.478. The molecule has 0 saturated heterocycles. The Morgan fingerprint density at radius 1 is 0.774 bits per heavy atom. The van der Waals surface area contributed by atoms with Crippen LogP contribution < -0.4 is 4.72 Å². The standard InChI is InChI=1S/C24H19NO5S/c26-23(27)15-22(20-10-9-16-5-1-3-7-18(16)13-20)24(28)25-31(29,30)21-12-11-17-6-2-4-8-19(17)14-21/h1-14,22H,15H2,(H,25,28)(H,26,27). The highest BCUT2D eigenvalue weighted by molar-refractivity contribution is 7.90. The highest BCUT2D eigenvalue weighted by Gasteiger charge is 2.28. The number of sulfonamides is 1. The molecule has 0 spiro atoms. The SMILES string of the molecule is O=C(O)CC(C(=O)NS(=O)(=O)c1ccc2ccccc2c1)c1ccc2ccccc2c1. The van der Waals surface area contributed by atoms with E-state index in [2.05, 4.69) is 4.72 Å². The third-order valence-electron chi connectivity index (χ3n) is 5.14. The lowest BCUT2D eigenvalue weighted by Crippen LogP contribution is -2.35. The van der Waals surface area contributed by atoms with Gasteiger partial charge in [0.1, 0.15) is 0 Å². The number of aliphatic carboxylic acids is 1. The fraction of sp³-hybridized carbons (Fsp3) is 0.0833. The number of carboxylic acids is 1. The molecule has 0 aromatic heterocycles. The molecule has 7 heteroatoms. The van der Waals surface area contributed by atoms with Crippen LogP contribution in [0.15, 0.2) is 89.8 Å². The molecule has 156 valence electrons. The number of hydrogen-bond acceptors (Lipinski definition) is 4. The molecule has 0 heterocycles. The van der Waals surface area contributed by atoms with Crippen molar-refractivity contribution in [2.24, 2.45) is 0 Å². The van der Waals surface area contributed by atoms with Crippen molar-refractivity contribution in [1.29, 1.82) is 0 Å². The molecular formula is C24H19NO5S. The zero-order valence-electron chi connectivity index (χ0n) is 16.4. The summed E-state index contributed by atoms with van der Waals surface area (Å²) < 4.78 is 27.7. The zero-order valence-corrected chi connectivity index (χ0v) is 17.2. The summed E-state index contributed by atoms with van der Waals surface area (Å²) >= 11 is 0. The molecule has 6 nitrogen and oxygen atoms in total. The third kappa shape index (κ3) is 4.41. The molecule has 0 fully saturated rings. The van der Waals surface area contributed by atoms with Gasteiger partial charge in [-0.3, -0.25) is 9.59 Å². The molecule has 4 aromatic rings. The first-order chi connectivity index (χ1) is 14.8. The van der Waals surface area contributed by atoms with Crippen LogP contribution in [-0.2, 0) is 19.6 Å². The van der Waals surface area contributed by atoms with Crippen LogP contribution >= 0.6 is 0 Å². The van der Waals surface area contributed by atoms with Gasteiger partial charge in [-0.25, -0.2) is 13.1 Å². The van der Waals surface area contributed by atoms with Crippen molar-refractivity contribution in [2.75, 3.05) is 0 Å². The fourth-order valence-electron chi connectivity index (χ4n) is 3.56. The van der Waals surface area contributed by atoms with Crippen LogP contribution in [0.3, 0.4) is 0 Å². The van der Waals surface area contributed by atoms with E-state index in [0.717, 1.165) is 21.5 Å². The number of benzene rings is 4. The molecule has 0 aliphatic heterocycles. The van der Waals surface area contributed by atoms with Crippen LogP contribution in [0.25, 0.3) is 21.5 Å². The molecule has 0 radical (unpaired) electrons. The van der Waals surface area contributed by atoms with E-state index in [0.29, 0.717) is 5.56 Å². The van der Waals surface area contributed by atoms with E-state index >= 15 is 0 Å². The molecule has 0 aliphatic rings. The van der Waals surface area contributed by atoms with Crippen LogP contribution in [-0.4, -0.2) is 25.4 Å². The summed E-state index contributed by atoms with van der Waals surface area (Å²) in [6.45, 7) is 0. The van der Waals surface area contributed by atoms with Crippen molar-refractivity contribution >= 4 is 43.4 Å². The Morgan fingerprint density at radius 2 is 1.32 bits per heavy atom. The molecule has 4 aromatic carbocycles. The third-order valence-corrected chi connectivity index (χ3v) is 6.48. The minimum Gasteiger partial charge on any atom is -0.481 e. The molecule has 1 amide bonds. The predicted molar refractivity (Wildman–Crippen MR) is 118 cm³/mol. The van der Waals surface area contributed by atoms with Gasteiger partial charge in [0.05, 0.1) is 17.2 Å². The van der Waals surface area contributed by atoms with Gasteiger partial charge >= 0.3 is 5.97 Å². The first-order valence-corrected chi connectivity index (χ1v) is 11.1. The van der Waals surface area contributed by atoms with Gasteiger partial charge in [-0.15, -0.1) is 0 Å². The Morgan fingerprint density at radius 3 is 1.94 bits per heavy atom. The van der Waals surface area contributed by atoms with Gasteiger partial charge in [0, 0.05) is 0 Å². The van der Waals surface area contributed by atoms with Crippen molar-refractivity contribution < 1.29 is 23.1 Å². The average Bonchev–Trinajstić information content (AvgIpc) is 2.76. The molecule has 0 saturated carbocycles. The molecule has 31 heavy (non-hydrogen) atoms.